The van der Waals surface area contributed by atoms with Gasteiger partial charge in [0.1, 0.15) is 17.1 Å². The maximum Gasteiger partial charge on any atom is 0.344 e. The van der Waals surface area contributed by atoms with Gasteiger partial charge in [-0.3, -0.25) is 4.79 Å². The van der Waals surface area contributed by atoms with E-state index in [2.05, 4.69) is 0 Å². The first-order valence-corrected chi connectivity index (χ1v) is 9.50. The minimum Gasteiger partial charge on any atom is -0.497 e. The Labute approximate surface area is 173 Å². The zero-order chi connectivity index (χ0) is 21.1. The molecular formula is C25H20O5. The Balaban J connectivity index is 1.61. The normalized spacial score (nSPS) is 10.7. The molecule has 0 N–H and O–H groups in total. The largest absolute Gasteiger partial charge is 0.497 e. The van der Waals surface area contributed by atoms with Gasteiger partial charge < -0.3 is 13.9 Å². The van der Waals surface area contributed by atoms with E-state index in [1.54, 1.807) is 49.6 Å². The van der Waals surface area contributed by atoms with Crippen molar-refractivity contribution >= 4 is 16.8 Å². The number of methoxy groups -OCH3 is 1. The molecular weight excluding hydrogens is 380 g/mol. The fraction of sp³-hybridized carbons (Fsp3) is 0.120. The molecule has 150 valence electrons. The standard InChI is InChI=1S/C25H20O5/c1-16-21-14-20(29-15-22(26)17-8-10-19(28-2)11-9-17)12-13-23(21)30-25(27)24(16)18-6-4-3-5-7-18/h3-14H,15H2,1-2H3. The molecule has 4 rings (SSSR count). The van der Waals surface area contributed by atoms with Gasteiger partial charge in [0.2, 0.25) is 0 Å². The van der Waals surface area contributed by atoms with E-state index < -0.39 is 0 Å². The summed E-state index contributed by atoms with van der Waals surface area (Å²) in [6.45, 7) is 1.78. The number of benzene rings is 3. The molecule has 0 radical (unpaired) electrons. The maximum atomic E-state index is 12.5. The summed E-state index contributed by atoms with van der Waals surface area (Å²) in [7, 11) is 1.58. The molecule has 0 saturated heterocycles. The molecule has 5 nitrogen and oxygen atoms in total. The van der Waals surface area contributed by atoms with Gasteiger partial charge in [0.15, 0.2) is 12.4 Å². The molecule has 0 spiro atoms. The Morgan fingerprint density at radius 2 is 1.63 bits per heavy atom. The molecule has 30 heavy (non-hydrogen) atoms. The molecule has 0 aliphatic carbocycles. The predicted octanol–water partition coefficient (Wildman–Crippen LogP) is 5.04. The summed E-state index contributed by atoms with van der Waals surface area (Å²) in [5.74, 6) is 1.08. The minimum atomic E-state index is -0.380. The second kappa shape index (κ2) is 8.25. The Hall–Kier alpha value is -3.86. The number of hydrogen-bond donors (Lipinski definition) is 0. The van der Waals surface area contributed by atoms with Crippen LogP contribution in [0.25, 0.3) is 22.1 Å². The quantitative estimate of drug-likeness (QED) is 0.335. The van der Waals surface area contributed by atoms with Crippen molar-refractivity contribution in [1.29, 1.82) is 0 Å². The summed E-state index contributed by atoms with van der Waals surface area (Å²) in [6, 6.07) is 21.4. The molecule has 0 unspecified atom stereocenters. The van der Waals surface area contributed by atoms with Crippen LogP contribution in [0.15, 0.2) is 82.0 Å². The highest BCUT2D eigenvalue weighted by Gasteiger charge is 2.14. The van der Waals surface area contributed by atoms with Gasteiger partial charge in [-0.2, -0.15) is 0 Å². The fourth-order valence-electron chi connectivity index (χ4n) is 3.37. The lowest BCUT2D eigenvalue weighted by Crippen LogP contribution is -2.11. The lowest BCUT2D eigenvalue weighted by Gasteiger charge is -2.10. The number of ether oxygens (including phenoxy) is 2. The minimum absolute atomic E-state index is 0.0980. The van der Waals surface area contributed by atoms with E-state index in [1.807, 2.05) is 37.3 Å². The SMILES string of the molecule is COc1ccc(C(=O)COc2ccc3oc(=O)c(-c4ccccc4)c(C)c3c2)cc1. The topological polar surface area (TPSA) is 65.7 Å². The first kappa shape index (κ1) is 19.5. The zero-order valence-electron chi connectivity index (χ0n) is 16.7. The molecule has 0 aliphatic heterocycles. The molecule has 0 bridgehead atoms. The van der Waals surface area contributed by atoms with E-state index in [0.717, 1.165) is 16.5 Å². The van der Waals surface area contributed by atoms with Gasteiger partial charge in [0.25, 0.3) is 0 Å². The molecule has 1 aromatic heterocycles. The molecule has 0 aliphatic rings. The summed E-state index contributed by atoms with van der Waals surface area (Å²) < 4.78 is 16.3. The van der Waals surface area contributed by atoms with Crippen LogP contribution in [-0.4, -0.2) is 19.5 Å². The van der Waals surface area contributed by atoms with Crippen molar-refractivity contribution in [3.05, 3.63) is 94.3 Å². The van der Waals surface area contributed by atoms with E-state index in [1.165, 1.54) is 0 Å². The smallest absolute Gasteiger partial charge is 0.344 e. The van der Waals surface area contributed by atoms with Gasteiger partial charge in [-0.15, -0.1) is 0 Å². The van der Waals surface area contributed by atoms with Gasteiger partial charge in [-0.05, 0) is 60.5 Å². The van der Waals surface area contributed by atoms with Crippen molar-refractivity contribution in [2.45, 2.75) is 6.92 Å². The van der Waals surface area contributed by atoms with Crippen LogP contribution in [0.4, 0.5) is 0 Å². The van der Waals surface area contributed by atoms with Crippen LogP contribution in [0.5, 0.6) is 11.5 Å². The van der Waals surface area contributed by atoms with E-state index in [4.69, 9.17) is 13.9 Å². The van der Waals surface area contributed by atoms with Crippen molar-refractivity contribution < 1.29 is 18.7 Å². The lowest BCUT2D eigenvalue weighted by atomic mass is 9.99. The monoisotopic (exact) mass is 400 g/mol. The van der Waals surface area contributed by atoms with Crippen LogP contribution < -0.4 is 15.1 Å². The molecule has 5 heteroatoms. The van der Waals surface area contributed by atoms with Gasteiger partial charge in [0.05, 0.1) is 12.7 Å². The van der Waals surface area contributed by atoms with Crippen molar-refractivity contribution in [3.63, 3.8) is 0 Å². The molecule has 0 amide bonds. The molecule has 0 fully saturated rings. The van der Waals surface area contributed by atoms with Crippen molar-refractivity contribution in [3.8, 4) is 22.6 Å². The second-order valence-corrected chi connectivity index (χ2v) is 6.85. The number of fused-ring (bicyclic) bond motifs is 1. The zero-order valence-corrected chi connectivity index (χ0v) is 16.7. The molecule has 1 heterocycles. The van der Waals surface area contributed by atoms with Crippen LogP contribution in [0, 0.1) is 6.92 Å². The second-order valence-electron chi connectivity index (χ2n) is 6.85. The van der Waals surface area contributed by atoms with E-state index in [-0.39, 0.29) is 18.0 Å². The summed E-state index contributed by atoms with van der Waals surface area (Å²) in [6.07, 6.45) is 0. The van der Waals surface area contributed by atoms with Crippen LogP contribution in [0.3, 0.4) is 0 Å². The van der Waals surface area contributed by atoms with Gasteiger partial charge >= 0.3 is 5.63 Å². The van der Waals surface area contributed by atoms with Gasteiger partial charge in [0, 0.05) is 10.9 Å². The Bertz CT molecular complexity index is 1250. The Morgan fingerprint density at radius 3 is 2.33 bits per heavy atom. The third-order valence-electron chi connectivity index (χ3n) is 4.98. The van der Waals surface area contributed by atoms with Crippen LogP contribution in [0.1, 0.15) is 15.9 Å². The summed E-state index contributed by atoms with van der Waals surface area (Å²) in [4.78, 5) is 24.9. The third-order valence-corrected chi connectivity index (χ3v) is 4.98. The first-order chi connectivity index (χ1) is 14.6. The van der Waals surface area contributed by atoms with Gasteiger partial charge in [-0.25, -0.2) is 4.79 Å². The van der Waals surface area contributed by atoms with E-state index >= 15 is 0 Å². The molecule has 0 saturated carbocycles. The number of ketones is 1. The van der Waals surface area contributed by atoms with Crippen molar-refractivity contribution in [2.24, 2.45) is 0 Å². The molecule has 3 aromatic carbocycles. The average molecular weight is 400 g/mol. The third kappa shape index (κ3) is 3.82. The van der Waals surface area contributed by atoms with Crippen molar-refractivity contribution in [1.82, 2.24) is 0 Å². The molecule has 4 aromatic rings. The summed E-state index contributed by atoms with van der Waals surface area (Å²) in [5, 5.41) is 0.767. The molecule has 0 atom stereocenters. The summed E-state index contributed by atoms with van der Waals surface area (Å²) in [5.41, 5.74) is 2.77. The lowest BCUT2D eigenvalue weighted by molar-refractivity contribution is 0.0921. The average Bonchev–Trinajstić information content (AvgIpc) is 2.78. The number of rotatable bonds is 6. The van der Waals surface area contributed by atoms with Crippen molar-refractivity contribution in [2.75, 3.05) is 13.7 Å². The highest BCUT2D eigenvalue weighted by atomic mass is 16.5. The number of hydrogen-bond acceptors (Lipinski definition) is 5. The summed E-state index contributed by atoms with van der Waals surface area (Å²) >= 11 is 0. The highest BCUT2D eigenvalue weighted by molar-refractivity contribution is 5.97. The highest BCUT2D eigenvalue weighted by Crippen LogP contribution is 2.29. The fourth-order valence-corrected chi connectivity index (χ4v) is 3.37. The maximum absolute atomic E-state index is 12.5. The Kier molecular flexibility index (Phi) is 5.35. The number of aryl methyl sites for hydroxylation is 1. The van der Waals surface area contributed by atoms with Crippen LogP contribution >= 0.6 is 0 Å². The predicted molar refractivity (Wildman–Crippen MR) is 115 cm³/mol. The van der Waals surface area contributed by atoms with E-state index in [0.29, 0.717) is 28.2 Å². The van der Waals surface area contributed by atoms with Gasteiger partial charge in [-0.1, -0.05) is 30.3 Å². The first-order valence-electron chi connectivity index (χ1n) is 9.50. The Morgan fingerprint density at radius 1 is 0.933 bits per heavy atom. The van der Waals surface area contributed by atoms with Crippen LogP contribution in [0.2, 0.25) is 0 Å². The number of carbonyl (C=O) groups excluding carboxylic acids is 1. The number of carbonyl (C=O) groups is 1. The van der Waals surface area contributed by atoms with E-state index in [9.17, 15) is 9.59 Å². The van der Waals surface area contributed by atoms with Crippen LogP contribution in [-0.2, 0) is 0 Å². The number of Topliss-reactive ketones (excluding diaryl/α,β-unsaturated/α-hetero) is 1.